The molecule has 0 saturated carbocycles. The highest BCUT2D eigenvalue weighted by molar-refractivity contribution is 9.11. The van der Waals surface area contributed by atoms with Gasteiger partial charge in [-0.15, -0.1) is 11.3 Å². The zero-order chi connectivity index (χ0) is 12.6. The second-order valence-corrected chi connectivity index (χ2v) is 9.06. The van der Waals surface area contributed by atoms with Crippen molar-refractivity contribution in [1.82, 2.24) is 4.72 Å². The molecule has 1 heterocycles. The monoisotopic (exact) mass is 409 g/mol. The normalized spacial score (nSPS) is 13.1. The smallest absolute Gasteiger partial charge is 0.206 e. The predicted molar refractivity (Wildman–Crippen MR) is 75.2 cm³/mol. The third kappa shape index (κ3) is 3.68. The van der Waals surface area contributed by atoms with E-state index in [9.17, 15) is 8.42 Å². The molecule has 0 aliphatic rings. The van der Waals surface area contributed by atoms with E-state index in [1.165, 1.54) is 6.07 Å². The van der Waals surface area contributed by atoms with Gasteiger partial charge in [0.1, 0.15) is 4.21 Å². The lowest BCUT2D eigenvalue weighted by atomic mass is 10.1. The van der Waals surface area contributed by atoms with Crippen LogP contribution in [0.2, 0.25) is 5.02 Å². The first kappa shape index (κ1) is 14.9. The molecule has 0 saturated heterocycles. The van der Waals surface area contributed by atoms with Crippen LogP contribution in [0, 0.1) is 0 Å². The summed E-state index contributed by atoms with van der Waals surface area (Å²) in [6, 6.07) is 1.43. The lowest BCUT2D eigenvalue weighted by Crippen LogP contribution is -2.44. The fourth-order valence-electron chi connectivity index (χ4n) is 0.900. The zero-order valence-corrected chi connectivity index (χ0v) is 14.1. The van der Waals surface area contributed by atoms with Gasteiger partial charge in [-0.05, 0) is 35.8 Å². The molecule has 1 aromatic heterocycles. The summed E-state index contributed by atoms with van der Waals surface area (Å²) in [7, 11) is -3.51. The molecule has 0 amide bonds. The van der Waals surface area contributed by atoms with Gasteiger partial charge in [0.2, 0.25) is 0 Å². The van der Waals surface area contributed by atoms with Crippen LogP contribution >= 0.6 is 54.8 Å². The fraction of sp³-hybridized carbons (Fsp3) is 0.500. The van der Waals surface area contributed by atoms with E-state index in [1.807, 2.05) is 0 Å². The fourth-order valence-corrected chi connectivity index (χ4v) is 5.04. The molecule has 0 bridgehead atoms. The van der Waals surface area contributed by atoms with Gasteiger partial charge in [-0.3, -0.25) is 0 Å². The third-order valence-corrected chi connectivity index (χ3v) is 7.68. The average Bonchev–Trinajstić information content (AvgIpc) is 2.46. The minimum Gasteiger partial charge on any atom is -0.206 e. The standard InChI is InChI=1S/C8H10Br2ClNO2S2/c1-8(2,4-9)12-16(13,14)6-3-5(11)7(10)15-6/h3,12H,4H2,1-2H3. The topological polar surface area (TPSA) is 46.2 Å². The Morgan fingerprint density at radius 2 is 2.12 bits per heavy atom. The Morgan fingerprint density at radius 3 is 2.50 bits per heavy atom. The Labute approximate surface area is 121 Å². The van der Waals surface area contributed by atoms with Gasteiger partial charge in [-0.2, -0.15) is 0 Å². The van der Waals surface area contributed by atoms with Gasteiger partial charge in [-0.25, -0.2) is 13.1 Å². The quantitative estimate of drug-likeness (QED) is 0.770. The second-order valence-electron chi connectivity index (χ2n) is 3.81. The number of nitrogens with one attached hydrogen (secondary N) is 1. The average molecular weight is 412 g/mol. The van der Waals surface area contributed by atoms with Crippen molar-refractivity contribution in [3.8, 4) is 0 Å². The SMILES string of the molecule is CC(C)(CBr)NS(=O)(=O)c1cc(Cl)c(Br)s1. The summed E-state index contributed by atoms with van der Waals surface area (Å²) in [6.45, 7) is 3.59. The largest absolute Gasteiger partial charge is 0.250 e. The van der Waals surface area contributed by atoms with Crippen LogP contribution in [0.4, 0.5) is 0 Å². The van der Waals surface area contributed by atoms with E-state index in [1.54, 1.807) is 13.8 Å². The van der Waals surface area contributed by atoms with E-state index in [4.69, 9.17) is 11.6 Å². The summed E-state index contributed by atoms with van der Waals surface area (Å²) < 4.78 is 27.4. The van der Waals surface area contributed by atoms with E-state index in [0.717, 1.165) is 11.3 Å². The molecule has 3 nitrogen and oxygen atoms in total. The first-order valence-electron chi connectivity index (χ1n) is 4.23. The Balaban J connectivity index is 3.04. The Morgan fingerprint density at radius 1 is 1.56 bits per heavy atom. The molecular formula is C8H10Br2ClNO2S2. The van der Waals surface area contributed by atoms with Crippen LogP contribution in [0.1, 0.15) is 13.8 Å². The summed E-state index contributed by atoms with van der Waals surface area (Å²) in [6.07, 6.45) is 0. The number of rotatable bonds is 4. The zero-order valence-electron chi connectivity index (χ0n) is 8.55. The lowest BCUT2D eigenvalue weighted by molar-refractivity contribution is 0.502. The van der Waals surface area contributed by atoms with Crippen LogP contribution in [0.15, 0.2) is 14.1 Å². The lowest BCUT2D eigenvalue weighted by Gasteiger charge is -2.22. The maximum Gasteiger partial charge on any atom is 0.250 e. The van der Waals surface area contributed by atoms with E-state index in [-0.39, 0.29) is 4.21 Å². The minimum atomic E-state index is -3.51. The molecule has 1 N–H and O–H groups in total. The van der Waals surface area contributed by atoms with Crippen LogP contribution in [0.5, 0.6) is 0 Å². The van der Waals surface area contributed by atoms with Gasteiger partial charge >= 0.3 is 0 Å². The molecule has 8 heteroatoms. The Bertz CT molecular complexity index is 465. The van der Waals surface area contributed by atoms with Crippen LogP contribution in [0.3, 0.4) is 0 Å². The van der Waals surface area contributed by atoms with Crippen molar-refractivity contribution in [2.45, 2.75) is 23.6 Å². The molecule has 0 radical (unpaired) electrons. The van der Waals surface area contributed by atoms with Crippen molar-refractivity contribution in [2.75, 3.05) is 5.33 Å². The summed E-state index contributed by atoms with van der Waals surface area (Å²) in [5, 5.41) is 0.932. The summed E-state index contributed by atoms with van der Waals surface area (Å²) in [5.41, 5.74) is -0.540. The highest BCUT2D eigenvalue weighted by Crippen LogP contribution is 2.34. The van der Waals surface area contributed by atoms with Gasteiger partial charge in [0, 0.05) is 10.9 Å². The molecule has 16 heavy (non-hydrogen) atoms. The molecule has 92 valence electrons. The Kier molecular flexibility index (Phi) is 4.88. The highest BCUT2D eigenvalue weighted by Gasteiger charge is 2.27. The molecule has 1 rings (SSSR count). The maximum atomic E-state index is 12.0. The van der Waals surface area contributed by atoms with E-state index >= 15 is 0 Å². The number of hydrogen-bond acceptors (Lipinski definition) is 3. The van der Waals surface area contributed by atoms with Gasteiger partial charge in [0.05, 0.1) is 8.81 Å². The molecule has 0 fully saturated rings. The third-order valence-electron chi connectivity index (χ3n) is 1.63. The van der Waals surface area contributed by atoms with Crippen molar-refractivity contribution in [2.24, 2.45) is 0 Å². The molecule has 0 aromatic carbocycles. The number of alkyl halides is 1. The molecular weight excluding hydrogens is 401 g/mol. The first-order chi connectivity index (χ1) is 7.18. The molecule has 0 unspecified atom stereocenters. The van der Waals surface area contributed by atoms with Crippen LogP contribution in [0.25, 0.3) is 0 Å². The van der Waals surface area contributed by atoms with Crippen molar-refractivity contribution >= 4 is 64.8 Å². The van der Waals surface area contributed by atoms with E-state index in [0.29, 0.717) is 14.1 Å². The van der Waals surface area contributed by atoms with Crippen LogP contribution in [-0.2, 0) is 10.0 Å². The summed E-state index contributed by atoms with van der Waals surface area (Å²) >= 11 is 13.3. The van der Waals surface area contributed by atoms with Gasteiger partial charge in [-0.1, -0.05) is 27.5 Å². The molecule has 0 spiro atoms. The summed E-state index contributed by atoms with van der Waals surface area (Å²) in [4.78, 5) is 0. The van der Waals surface area contributed by atoms with Crippen molar-refractivity contribution in [3.05, 3.63) is 14.9 Å². The van der Waals surface area contributed by atoms with Gasteiger partial charge in [0.15, 0.2) is 0 Å². The number of thiophene rings is 1. The second kappa shape index (κ2) is 5.24. The Hall–Kier alpha value is 0.860. The molecule has 0 aliphatic carbocycles. The summed E-state index contributed by atoms with van der Waals surface area (Å²) in [5.74, 6) is 0. The predicted octanol–water partition coefficient (Wildman–Crippen LogP) is 3.62. The van der Waals surface area contributed by atoms with Gasteiger partial charge in [0.25, 0.3) is 10.0 Å². The van der Waals surface area contributed by atoms with Gasteiger partial charge < -0.3 is 0 Å². The van der Waals surface area contributed by atoms with Crippen LogP contribution in [-0.4, -0.2) is 19.3 Å². The van der Waals surface area contributed by atoms with E-state index in [2.05, 4.69) is 36.6 Å². The van der Waals surface area contributed by atoms with Crippen molar-refractivity contribution in [1.29, 1.82) is 0 Å². The van der Waals surface area contributed by atoms with E-state index < -0.39 is 15.6 Å². The van der Waals surface area contributed by atoms with Crippen molar-refractivity contribution in [3.63, 3.8) is 0 Å². The minimum absolute atomic E-state index is 0.207. The number of sulfonamides is 1. The molecule has 0 atom stereocenters. The molecule has 0 aliphatic heterocycles. The van der Waals surface area contributed by atoms with Crippen molar-refractivity contribution < 1.29 is 8.42 Å². The molecule has 1 aromatic rings. The maximum absolute atomic E-state index is 12.0. The highest BCUT2D eigenvalue weighted by atomic mass is 79.9. The van der Waals surface area contributed by atoms with Crippen LogP contribution < -0.4 is 4.72 Å². The number of hydrogen-bond donors (Lipinski definition) is 1. The first-order valence-corrected chi connectivity index (χ1v) is 8.82. The number of halogens is 3.